The summed E-state index contributed by atoms with van der Waals surface area (Å²) in [5.41, 5.74) is 3.27. The number of hydrogen-bond acceptors (Lipinski definition) is 6. The topological polar surface area (TPSA) is 99.0 Å². The fourth-order valence-corrected chi connectivity index (χ4v) is 3.17. The van der Waals surface area contributed by atoms with Crippen molar-refractivity contribution in [2.24, 2.45) is 0 Å². The number of nitrogens with zero attached hydrogens (tertiary/aromatic N) is 4. The van der Waals surface area contributed by atoms with Crippen LogP contribution in [-0.2, 0) is 17.9 Å². The van der Waals surface area contributed by atoms with Gasteiger partial charge in [-0.15, -0.1) is 5.10 Å². The summed E-state index contributed by atoms with van der Waals surface area (Å²) in [5, 5.41) is 11.2. The lowest BCUT2D eigenvalue weighted by molar-refractivity contribution is -0.121. The number of rotatable bonds is 7. The van der Waals surface area contributed by atoms with Gasteiger partial charge in [-0.2, -0.15) is 0 Å². The van der Waals surface area contributed by atoms with E-state index in [0.717, 1.165) is 22.4 Å². The summed E-state index contributed by atoms with van der Waals surface area (Å²) in [5.74, 6) is 1.07. The molecule has 2 heterocycles. The number of amides is 1. The van der Waals surface area contributed by atoms with Gasteiger partial charge in [-0.25, -0.2) is 9.67 Å². The number of pyridine rings is 1. The van der Waals surface area contributed by atoms with Crippen LogP contribution in [-0.4, -0.2) is 25.9 Å². The fraction of sp³-hybridized carbons (Fsp3) is 0.208. The quantitative estimate of drug-likeness (QED) is 0.484. The maximum Gasteiger partial charge on any atom is 0.277 e. The molecule has 0 spiro atoms. The van der Waals surface area contributed by atoms with Gasteiger partial charge in [0.1, 0.15) is 11.3 Å². The Bertz CT molecular complexity index is 1320. The minimum Gasteiger partial charge on any atom is -0.439 e. The largest absolute Gasteiger partial charge is 0.439 e. The zero-order valence-corrected chi connectivity index (χ0v) is 17.9. The van der Waals surface area contributed by atoms with E-state index >= 15 is 0 Å². The third-order valence-corrected chi connectivity index (χ3v) is 5.03. The van der Waals surface area contributed by atoms with Gasteiger partial charge in [0.15, 0.2) is 0 Å². The molecular formula is C24H23N5O3. The zero-order valence-electron chi connectivity index (χ0n) is 17.9. The second kappa shape index (κ2) is 9.38. The van der Waals surface area contributed by atoms with Gasteiger partial charge in [-0.1, -0.05) is 35.5 Å². The molecule has 32 heavy (non-hydrogen) atoms. The summed E-state index contributed by atoms with van der Waals surface area (Å²) in [6.07, 6.45) is 1.79. The Morgan fingerprint density at radius 1 is 1.09 bits per heavy atom. The first-order valence-electron chi connectivity index (χ1n) is 10.3. The van der Waals surface area contributed by atoms with Crippen molar-refractivity contribution in [1.82, 2.24) is 25.3 Å². The molecule has 0 fully saturated rings. The van der Waals surface area contributed by atoms with Crippen LogP contribution in [0.15, 0.2) is 65.6 Å². The van der Waals surface area contributed by atoms with Crippen LogP contribution >= 0.6 is 0 Å². The van der Waals surface area contributed by atoms with Crippen LogP contribution in [0.25, 0.3) is 10.9 Å². The van der Waals surface area contributed by atoms with Gasteiger partial charge in [-0.05, 0) is 48.7 Å². The van der Waals surface area contributed by atoms with Crippen molar-refractivity contribution in [3.63, 3.8) is 0 Å². The Labute approximate surface area is 184 Å². The second-order valence-electron chi connectivity index (χ2n) is 7.54. The molecule has 4 rings (SSSR count). The molecule has 0 aliphatic rings. The summed E-state index contributed by atoms with van der Waals surface area (Å²) >= 11 is 0. The molecule has 2 aromatic carbocycles. The lowest BCUT2D eigenvalue weighted by atomic mass is 10.1. The first-order valence-corrected chi connectivity index (χ1v) is 10.3. The second-order valence-corrected chi connectivity index (χ2v) is 7.54. The number of nitrogens with one attached hydrogen (secondary N) is 1. The highest BCUT2D eigenvalue weighted by atomic mass is 16.5. The molecule has 0 aliphatic heterocycles. The molecule has 0 atom stereocenters. The minimum atomic E-state index is -0.257. The predicted octanol–water partition coefficient (Wildman–Crippen LogP) is 3.30. The van der Waals surface area contributed by atoms with Crippen molar-refractivity contribution < 1.29 is 9.53 Å². The summed E-state index contributed by atoms with van der Waals surface area (Å²) in [4.78, 5) is 29.0. The molecule has 1 N–H and O–H groups in total. The van der Waals surface area contributed by atoms with Crippen LogP contribution in [0.3, 0.4) is 0 Å². The normalized spacial score (nSPS) is 10.8. The smallest absolute Gasteiger partial charge is 0.277 e. The molecule has 0 radical (unpaired) electrons. The van der Waals surface area contributed by atoms with Crippen molar-refractivity contribution in [3.05, 3.63) is 87.8 Å². The first kappa shape index (κ1) is 21.2. The van der Waals surface area contributed by atoms with E-state index in [2.05, 4.69) is 20.6 Å². The Morgan fingerprint density at radius 2 is 1.94 bits per heavy atom. The van der Waals surface area contributed by atoms with Gasteiger partial charge in [0, 0.05) is 25.2 Å². The molecule has 0 aliphatic carbocycles. The van der Waals surface area contributed by atoms with E-state index < -0.39 is 0 Å². The summed E-state index contributed by atoms with van der Waals surface area (Å²) in [6, 6.07) is 16.6. The summed E-state index contributed by atoms with van der Waals surface area (Å²) in [6.45, 7) is 4.47. The number of carbonyl (C=O) groups excluding carboxylic acids is 1. The molecular weight excluding hydrogens is 406 g/mol. The van der Waals surface area contributed by atoms with Crippen molar-refractivity contribution in [3.8, 4) is 11.6 Å². The predicted molar refractivity (Wildman–Crippen MR) is 120 cm³/mol. The molecule has 8 heteroatoms. The molecule has 162 valence electrons. The van der Waals surface area contributed by atoms with E-state index in [-0.39, 0.29) is 24.4 Å². The zero-order chi connectivity index (χ0) is 22.5. The van der Waals surface area contributed by atoms with Crippen molar-refractivity contribution in [1.29, 1.82) is 0 Å². The van der Waals surface area contributed by atoms with Gasteiger partial charge in [0.05, 0.1) is 11.9 Å². The van der Waals surface area contributed by atoms with Crippen LogP contribution in [0.2, 0.25) is 0 Å². The van der Waals surface area contributed by atoms with E-state index in [1.54, 1.807) is 36.5 Å². The van der Waals surface area contributed by atoms with Crippen LogP contribution in [0.1, 0.15) is 23.1 Å². The molecule has 1 amide bonds. The van der Waals surface area contributed by atoms with Gasteiger partial charge in [-0.3, -0.25) is 9.59 Å². The van der Waals surface area contributed by atoms with Crippen LogP contribution in [0.4, 0.5) is 0 Å². The third kappa shape index (κ3) is 4.97. The van der Waals surface area contributed by atoms with Gasteiger partial charge in [0.2, 0.25) is 11.8 Å². The summed E-state index contributed by atoms with van der Waals surface area (Å²) < 4.78 is 7.07. The van der Waals surface area contributed by atoms with Crippen LogP contribution in [0.5, 0.6) is 11.6 Å². The van der Waals surface area contributed by atoms with Gasteiger partial charge < -0.3 is 10.1 Å². The lowest BCUT2D eigenvalue weighted by Crippen LogP contribution is -2.29. The maximum atomic E-state index is 12.4. The standard InChI is InChI=1S/C24H23N5O3/c1-16-7-8-17(2)21(13-16)32-23-10-9-18(15-26-23)14-25-22(30)11-12-29-24(31)19-5-3-4-6-20(19)27-28-29/h3-10,13,15H,11-12,14H2,1-2H3,(H,25,30). The first-order chi connectivity index (χ1) is 15.5. The molecule has 0 saturated carbocycles. The number of benzene rings is 2. The number of aromatic nitrogens is 4. The third-order valence-electron chi connectivity index (χ3n) is 5.03. The molecule has 0 unspecified atom stereocenters. The van der Waals surface area contributed by atoms with E-state index in [1.807, 2.05) is 38.1 Å². The van der Waals surface area contributed by atoms with Crippen LogP contribution < -0.4 is 15.6 Å². The van der Waals surface area contributed by atoms with Crippen molar-refractivity contribution in [2.45, 2.75) is 33.4 Å². The van der Waals surface area contributed by atoms with E-state index in [0.29, 0.717) is 23.3 Å². The van der Waals surface area contributed by atoms with E-state index in [4.69, 9.17) is 4.74 Å². The van der Waals surface area contributed by atoms with Crippen molar-refractivity contribution >= 4 is 16.8 Å². The number of fused-ring (bicyclic) bond motifs is 1. The number of hydrogen-bond donors (Lipinski definition) is 1. The lowest BCUT2D eigenvalue weighted by Gasteiger charge is -2.10. The number of ether oxygens (including phenoxy) is 1. The highest BCUT2D eigenvalue weighted by Crippen LogP contribution is 2.24. The van der Waals surface area contributed by atoms with Crippen molar-refractivity contribution in [2.75, 3.05) is 0 Å². The Morgan fingerprint density at radius 3 is 2.75 bits per heavy atom. The molecule has 4 aromatic rings. The van der Waals surface area contributed by atoms with Gasteiger partial charge in [0.25, 0.3) is 5.56 Å². The van der Waals surface area contributed by atoms with Gasteiger partial charge >= 0.3 is 0 Å². The highest BCUT2D eigenvalue weighted by Gasteiger charge is 2.08. The molecule has 0 bridgehead atoms. The molecule has 2 aromatic heterocycles. The Balaban J connectivity index is 1.30. The van der Waals surface area contributed by atoms with E-state index in [1.165, 1.54) is 4.68 Å². The average Bonchev–Trinajstić information content (AvgIpc) is 2.81. The summed E-state index contributed by atoms with van der Waals surface area (Å²) in [7, 11) is 0. The Hall–Kier alpha value is -4.07. The highest BCUT2D eigenvalue weighted by molar-refractivity contribution is 5.77. The number of aryl methyl sites for hydroxylation is 3. The number of carbonyl (C=O) groups is 1. The molecule has 8 nitrogen and oxygen atoms in total. The minimum absolute atomic E-state index is 0.119. The van der Waals surface area contributed by atoms with E-state index in [9.17, 15) is 9.59 Å². The molecule has 0 saturated heterocycles. The maximum absolute atomic E-state index is 12.4. The monoisotopic (exact) mass is 429 g/mol. The fourth-order valence-electron chi connectivity index (χ4n) is 3.17. The average molecular weight is 429 g/mol. The SMILES string of the molecule is Cc1ccc(C)c(Oc2ccc(CNC(=O)CCn3nnc4ccccc4c3=O)cn2)c1. The van der Waals surface area contributed by atoms with Crippen LogP contribution in [0, 0.1) is 13.8 Å². The Kier molecular flexibility index (Phi) is 6.21.